The molecule has 2 aromatic heterocycles. The molecule has 2 aromatic carbocycles. The molecule has 158 valence electrons. The zero-order valence-electron chi connectivity index (χ0n) is 17.6. The Kier molecular flexibility index (Phi) is 5.84. The van der Waals surface area contributed by atoms with Gasteiger partial charge in [0.15, 0.2) is 5.76 Å². The fourth-order valence-corrected chi connectivity index (χ4v) is 3.63. The van der Waals surface area contributed by atoms with Crippen LogP contribution in [0.5, 0.6) is 0 Å². The number of rotatable bonds is 7. The zero-order chi connectivity index (χ0) is 21.8. The SMILES string of the molecule is CCN(C(=O)Cn1c(CN(C)C(=O)c2ccco2)nc2ccccc21)c1ccccc1. The minimum atomic E-state index is -0.241. The molecule has 0 radical (unpaired) electrons. The fraction of sp³-hybridized carbons (Fsp3) is 0.208. The van der Waals surface area contributed by atoms with E-state index in [4.69, 9.17) is 9.40 Å². The van der Waals surface area contributed by atoms with E-state index in [1.807, 2.05) is 66.1 Å². The van der Waals surface area contributed by atoms with Crippen molar-refractivity contribution in [1.82, 2.24) is 14.5 Å². The Labute approximate surface area is 180 Å². The smallest absolute Gasteiger partial charge is 0.289 e. The summed E-state index contributed by atoms with van der Waals surface area (Å²) in [5, 5.41) is 0. The Morgan fingerprint density at radius 2 is 1.74 bits per heavy atom. The molecular weight excluding hydrogens is 392 g/mol. The number of carbonyl (C=O) groups is 2. The van der Waals surface area contributed by atoms with Crippen LogP contribution < -0.4 is 4.90 Å². The summed E-state index contributed by atoms with van der Waals surface area (Å²) in [5.41, 5.74) is 2.49. The van der Waals surface area contributed by atoms with Crippen LogP contribution in [0.15, 0.2) is 77.4 Å². The van der Waals surface area contributed by atoms with Crippen LogP contribution in [0.4, 0.5) is 5.69 Å². The molecule has 0 saturated carbocycles. The van der Waals surface area contributed by atoms with Crippen LogP contribution >= 0.6 is 0 Å². The van der Waals surface area contributed by atoms with Gasteiger partial charge in [0.25, 0.3) is 5.91 Å². The molecule has 2 heterocycles. The van der Waals surface area contributed by atoms with Crippen molar-refractivity contribution in [2.75, 3.05) is 18.5 Å². The first-order valence-electron chi connectivity index (χ1n) is 10.2. The summed E-state index contributed by atoms with van der Waals surface area (Å²) in [6.45, 7) is 2.88. The summed E-state index contributed by atoms with van der Waals surface area (Å²) in [4.78, 5) is 33.8. The lowest BCUT2D eigenvalue weighted by Crippen LogP contribution is -2.34. The first kappa shape index (κ1) is 20.4. The van der Waals surface area contributed by atoms with Crippen molar-refractivity contribution in [3.63, 3.8) is 0 Å². The molecule has 4 rings (SSSR count). The third kappa shape index (κ3) is 4.21. The standard InChI is InChI=1S/C24H24N4O3/c1-3-27(18-10-5-4-6-11-18)23(29)17-28-20-13-8-7-12-19(20)25-22(28)16-26(2)24(30)21-14-9-15-31-21/h4-15H,3,16-17H2,1-2H3. The van der Waals surface area contributed by atoms with Gasteiger partial charge in [-0.05, 0) is 43.3 Å². The Bertz CT molecular complexity index is 1180. The first-order valence-corrected chi connectivity index (χ1v) is 10.2. The maximum Gasteiger partial charge on any atom is 0.289 e. The normalized spacial score (nSPS) is 10.9. The fourth-order valence-electron chi connectivity index (χ4n) is 3.63. The lowest BCUT2D eigenvalue weighted by Gasteiger charge is -2.22. The van der Waals surface area contributed by atoms with Gasteiger partial charge in [0.2, 0.25) is 5.91 Å². The van der Waals surface area contributed by atoms with Crippen LogP contribution in [0.25, 0.3) is 11.0 Å². The van der Waals surface area contributed by atoms with Crippen molar-refractivity contribution in [1.29, 1.82) is 0 Å². The van der Waals surface area contributed by atoms with Gasteiger partial charge in [-0.3, -0.25) is 9.59 Å². The van der Waals surface area contributed by atoms with E-state index < -0.39 is 0 Å². The van der Waals surface area contributed by atoms with E-state index >= 15 is 0 Å². The molecule has 4 aromatic rings. The number of imidazole rings is 1. The number of nitrogens with zero attached hydrogens (tertiary/aromatic N) is 4. The molecule has 0 N–H and O–H groups in total. The molecule has 2 amide bonds. The minimum Gasteiger partial charge on any atom is -0.459 e. The lowest BCUT2D eigenvalue weighted by molar-refractivity contribution is -0.119. The van der Waals surface area contributed by atoms with Crippen molar-refractivity contribution in [3.05, 3.63) is 84.6 Å². The maximum atomic E-state index is 13.2. The van der Waals surface area contributed by atoms with E-state index in [2.05, 4.69) is 0 Å². The molecule has 7 nitrogen and oxygen atoms in total. The molecule has 0 spiro atoms. The molecule has 0 unspecified atom stereocenters. The molecule has 0 fully saturated rings. The molecular formula is C24H24N4O3. The average molecular weight is 416 g/mol. The van der Waals surface area contributed by atoms with Crippen molar-refractivity contribution < 1.29 is 14.0 Å². The first-order chi connectivity index (χ1) is 15.1. The molecule has 31 heavy (non-hydrogen) atoms. The highest BCUT2D eigenvalue weighted by atomic mass is 16.3. The van der Waals surface area contributed by atoms with Gasteiger partial charge in [-0.15, -0.1) is 0 Å². The Hall–Kier alpha value is -3.87. The van der Waals surface area contributed by atoms with Crippen molar-refractivity contribution in [3.8, 4) is 0 Å². The van der Waals surface area contributed by atoms with Crippen LogP contribution in [0, 0.1) is 0 Å². The Balaban J connectivity index is 1.63. The third-order valence-electron chi connectivity index (χ3n) is 5.17. The second kappa shape index (κ2) is 8.87. The van der Waals surface area contributed by atoms with Gasteiger partial charge in [0.05, 0.1) is 23.8 Å². The zero-order valence-corrected chi connectivity index (χ0v) is 17.6. The molecule has 0 aliphatic rings. The maximum absolute atomic E-state index is 13.2. The minimum absolute atomic E-state index is 0.0434. The number of anilines is 1. The van der Waals surface area contributed by atoms with E-state index in [9.17, 15) is 9.59 Å². The molecule has 7 heteroatoms. The summed E-state index contributed by atoms with van der Waals surface area (Å²) >= 11 is 0. The van der Waals surface area contributed by atoms with E-state index in [1.165, 1.54) is 11.2 Å². The van der Waals surface area contributed by atoms with E-state index in [0.717, 1.165) is 16.7 Å². The molecule has 0 atom stereocenters. The molecule has 0 aliphatic heterocycles. The van der Waals surface area contributed by atoms with Crippen LogP contribution in [0.1, 0.15) is 23.3 Å². The van der Waals surface area contributed by atoms with Crippen LogP contribution in [0.2, 0.25) is 0 Å². The van der Waals surface area contributed by atoms with E-state index in [-0.39, 0.29) is 30.7 Å². The van der Waals surface area contributed by atoms with Gasteiger partial charge in [-0.2, -0.15) is 0 Å². The number of likely N-dealkylation sites (N-methyl/N-ethyl adjacent to an activating group) is 1. The summed E-state index contributed by atoms with van der Waals surface area (Å²) in [7, 11) is 1.69. The number of furan rings is 1. The van der Waals surface area contributed by atoms with Crippen molar-refractivity contribution >= 4 is 28.5 Å². The number of hydrogen-bond acceptors (Lipinski definition) is 4. The highest BCUT2D eigenvalue weighted by Gasteiger charge is 2.21. The van der Waals surface area contributed by atoms with E-state index in [0.29, 0.717) is 12.4 Å². The molecule has 0 bridgehead atoms. The van der Waals surface area contributed by atoms with Gasteiger partial charge >= 0.3 is 0 Å². The van der Waals surface area contributed by atoms with Crippen LogP contribution in [-0.4, -0.2) is 39.9 Å². The number of aromatic nitrogens is 2. The number of amides is 2. The van der Waals surface area contributed by atoms with Gasteiger partial charge in [-0.1, -0.05) is 30.3 Å². The van der Waals surface area contributed by atoms with Crippen molar-refractivity contribution in [2.45, 2.75) is 20.0 Å². The largest absolute Gasteiger partial charge is 0.459 e. The summed E-state index contributed by atoms with van der Waals surface area (Å²) in [6, 6.07) is 20.6. The topological polar surface area (TPSA) is 71.6 Å². The van der Waals surface area contributed by atoms with E-state index in [1.54, 1.807) is 24.1 Å². The number of para-hydroxylation sites is 3. The Morgan fingerprint density at radius 1 is 1.00 bits per heavy atom. The van der Waals surface area contributed by atoms with Crippen LogP contribution in [0.3, 0.4) is 0 Å². The number of hydrogen-bond donors (Lipinski definition) is 0. The monoisotopic (exact) mass is 416 g/mol. The summed E-state index contributed by atoms with van der Waals surface area (Å²) in [6.07, 6.45) is 1.47. The Morgan fingerprint density at radius 3 is 2.45 bits per heavy atom. The second-order valence-electron chi connectivity index (χ2n) is 7.21. The van der Waals surface area contributed by atoms with Gasteiger partial charge in [0.1, 0.15) is 12.4 Å². The average Bonchev–Trinajstić information content (AvgIpc) is 3.43. The predicted molar refractivity (Wildman–Crippen MR) is 119 cm³/mol. The van der Waals surface area contributed by atoms with Crippen molar-refractivity contribution in [2.24, 2.45) is 0 Å². The third-order valence-corrected chi connectivity index (χ3v) is 5.17. The van der Waals surface area contributed by atoms with Gasteiger partial charge < -0.3 is 18.8 Å². The molecule has 0 aliphatic carbocycles. The summed E-state index contributed by atoms with van der Waals surface area (Å²) < 4.78 is 7.11. The molecule has 0 saturated heterocycles. The van der Waals surface area contributed by atoms with Gasteiger partial charge in [-0.25, -0.2) is 4.98 Å². The quantitative estimate of drug-likeness (QED) is 0.457. The number of fused-ring (bicyclic) bond motifs is 1. The van der Waals surface area contributed by atoms with Crippen LogP contribution in [-0.2, 0) is 17.9 Å². The second-order valence-corrected chi connectivity index (χ2v) is 7.21. The highest BCUT2D eigenvalue weighted by Crippen LogP contribution is 2.20. The lowest BCUT2D eigenvalue weighted by atomic mass is 10.2. The number of carbonyl (C=O) groups excluding carboxylic acids is 2. The predicted octanol–water partition coefficient (Wildman–Crippen LogP) is 3.95. The highest BCUT2D eigenvalue weighted by molar-refractivity contribution is 5.94. The van der Waals surface area contributed by atoms with Gasteiger partial charge in [0, 0.05) is 19.3 Å². The number of benzene rings is 2. The summed E-state index contributed by atoms with van der Waals surface area (Å²) in [5.74, 6) is 0.621.